The highest BCUT2D eigenvalue weighted by Gasteiger charge is 2.23. The maximum Gasteiger partial charge on any atom is 0.316 e. The Labute approximate surface area is 142 Å². The summed E-state index contributed by atoms with van der Waals surface area (Å²) in [7, 11) is 0. The second-order valence-corrected chi connectivity index (χ2v) is 6.53. The van der Waals surface area contributed by atoms with Gasteiger partial charge in [-0.2, -0.15) is 0 Å². The Hall–Kier alpha value is -2.69. The molecular formula is C19H22N2O3. The van der Waals surface area contributed by atoms with Gasteiger partial charge in [0, 0.05) is 18.9 Å². The van der Waals surface area contributed by atoms with E-state index in [1.165, 1.54) is 6.20 Å². The Balaban J connectivity index is 1.82. The zero-order valence-electron chi connectivity index (χ0n) is 14.2. The molecule has 2 rings (SSSR count). The number of aromatic nitrogens is 1. The summed E-state index contributed by atoms with van der Waals surface area (Å²) >= 11 is 0. The quantitative estimate of drug-likeness (QED) is 0.677. The van der Waals surface area contributed by atoms with Crippen molar-refractivity contribution in [1.29, 1.82) is 0 Å². The molecule has 0 atom stereocenters. The van der Waals surface area contributed by atoms with E-state index in [0.717, 1.165) is 5.56 Å². The first-order valence-corrected chi connectivity index (χ1v) is 7.86. The highest BCUT2D eigenvalue weighted by molar-refractivity contribution is 5.93. The highest BCUT2D eigenvalue weighted by atomic mass is 16.5. The first-order valence-electron chi connectivity index (χ1n) is 7.86. The molecular weight excluding hydrogens is 304 g/mol. The van der Waals surface area contributed by atoms with Crippen molar-refractivity contribution >= 4 is 11.9 Å². The van der Waals surface area contributed by atoms with Gasteiger partial charge in [0.2, 0.25) is 0 Å². The van der Waals surface area contributed by atoms with Crippen molar-refractivity contribution in [2.75, 3.05) is 6.54 Å². The SMILES string of the molecule is CC(C)(C)C(=O)Oc1ccc(CCNC(=O)c2cccnc2)cc1. The van der Waals surface area contributed by atoms with E-state index in [1.807, 2.05) is 32.9 Å². The Morgan fingerprint density at radius 2 is 1.83 bits per heavy atom. The Kier molecular flexibility index (Phi) is 5.68. The summed E-state index contributed by atoms with van der Waals surface area (Å²) in [5.41, 5.74) is 1.06. The van der Waals surface area contributed by atoms with E-state index in [-0.39, 0.29) is 11.9 Å². The fourth-order valence-corrected chi connectivity index (χ4v) is 1.90. The lowest BCUT2D eigenvalue weighted by Gasteiger charge is -2.16. The average molecular weight is 326 g/mol. The second-order valence-electron chi connectivity index (χ2n) is 6.53. The van der Waals surface area contributed by atoms with Crippen molar-refractivity contribution in [3.8, 4) is 5.75 Å². The van der Waals surface area contributed by atoms with Crippen LogP contribution in [0.15, 0.2) is 48.8 Å². The average Bonchev–Trinajstić information content (AvgIpc) is 2.56. The molecule has 1 aromatic carbocycles. The lowest BCUT2D eigenvalue weighted by Crippen LogP contribution is -2.26. The number of nitrogens with zero attached hydrogens (tertiary/aromatic N) is 1. The van der Waals surface area contributed by atoms with Gasteiger partial charge in [-0.3, -0.25) is 14.6 Å². The molecule has 0 aliphatic rings. The van der Waals surface area contributed by atoms with Crippen LogP contribution in [0.2, 0.25) is 0 Å². The van der Waals surface area contributed by atoms with Crippen LogP contribution in [0.4, 0.5) is 0 Å². The van der Waals surface area contributed by atoms with Crippen molar-refractivity contribution in [3.05, 3.63) is 59.9 Å². The molecule has 126 valence electrons. The zero-order valence-corrected chi connectivity index (χ0v) is 14.2. The minimum Gasteiger partial charge on any atom is -0.426 e. The number of esters is 1. The van der Waals surface area contributed by atoms with Crippen LogP contribution in [-0.2, 0) is 11.2 Å². The largest absolute Gasteiger partial charge is 0.426 e. The molecule has 24 heavy (non-hydrogen) atoms. The third-order valence-electron chi connectivity index (χ3n) is 3.37. The fraction of sp³-hybridized carbons (Fsp3) is 0.316. The van der Waals surface area contributed by atoms with Crippen LogP contribution in [0.3, 0.4) is 0 Å². The summed E-state index contributed by atoms with van der Waals surface area (Å²) in [4.78, 5) is 27.6. The fourth-order valence-electron chi connectivity index (χ4n) is 1.90. The number of nitrogens with one attached hydrogen (secondary N) is 1. The van der Waals surface area contributed by atoms with Gasteiger partial charge in [-0.15, -0.1) is 0 Å². The van der Waals surface area contributed by atoms with E-state index >= 15 is 0 Å². The van der Waals surface area contributed by atoms with Gasteiger partial charge in [-0.1, -0.05) is 12.1 Å². The topological polar surface area (TPSA) is 68.3 Å². The molecule has 0 radical (unpaired) electrons. The molecule has 1 heterocycles. The molecule has 5 heteroatoms. The monoisotopic (exact) mass is 326 g/mol. The number of carbonyl (C=O) groups excluding carboxylic acids is 2. The van der Waals surface area contributed by atoms with Gasteiger partial charge < -0.3 is 10.1 Å². The molecule has 0 saturated carbocycles. The van der Waals surface area contributed by atoms with E-state index in [1.54, 1.807) is 30.5 Å². The van der Waals surface area contributed by atoms with Crippen molar-refractivity contribution < 1.29 is 14.3 Å². The van der Waals surface area contributed by atoms with E-state index < -0.39 is 5.41 Å². The van der Waals surface area contributed by atoms with Crippen LogP contribution in [0, 0.1) is 5.41 Å². The number of amides is 1. The smallest absolute Gasteiger partial charge is 0.316 e. The number of hydrogen-bond acceptors (Lipinski definition) is 4. The normalized spacial score (nSPS) is 11.0. The van der Waals surface area contributed by atoms with Gasteiger partial charge >= 0.3 is 5.97 Å². The predicted octanol–water partition coefficient (Wildman–Crippen LogP) is 3.01. The van der Waals surface area contributed by atoms with Crippen molar-refractivity contribution in [3.63, 3.8) is 0 Å². The molecule has 0 aliphatic carbocycles. The summed E-state index contributed by atoms with van der Waals surface area (Å²) in [6.45, 7) is 5.97. The molecule has 0 fully saturated rings. The maximum atomic E-state index is 11.9. The number of hydrogen-bond donors (Lipinski definition) is 1. The zero-order chi connectivity index (χ0) is 17.6. The molecule has 0 unspecified atom stereocenters. The summed E-state index contributed by atoms with van der Waals surface area (Å²) in [5.74, 6) is 0.121. The molecule has 0 saturated heterocycles. The summed E-state index contributed by atoms with van der Waals surface area (Å²) in [5, 5.41) is 2.85. The van der Waals surface area contributed by atoms with Gasteiger partial charge in [-0.05, 0) is 57.0 Å². The maximum absolute atomic E-state index is 11.9. The van der Waals surface area contributed by atoms with Crippen LogP contribution in [0.25, 0.3) is 0 Å². The van der Waals surface area contributed by atoms with Crippen LogP contribution in [-0.4, -0.2) is 23.4 Å². The van der Waals surface area contributed by atoms with Crippen molar-refractivity contribution in [2.24, 2.45) is 5.41 Å². The number of ether oxygens (including phenoxy) is 1. The van der Waals surface area contributed by atoms with Crippen molar-refractivity contribution in [2.45, 2.75) is 27.2 Å². The lowest BCUT2D eigenvalue weighted by molar-refractivity contribution is -0.143. The predicted molar refractivity (Wildman–Crippen MR) is 91.8 cm³/mol. The Morgan fingerprint density at radius 3 is 2.42 bits per heavy atom. The number of rotatable bonds is 5. The standard InChI is InChI=1S/C19H22N2O3/c1-19(2,3)18(23)24-16-8-6-14(7-9-16)10-12-21-17(22)15-5-4-11-20-13-15/h4-9,11,13H,10,12H2,1-3H3,(H,21,22). The van der Waals surface area contributed by atoms with Crippen LogP contribution < -0.4 is 10.1 Å². The minimum atomic E-state index is -0.532. The molecule has 2 aromatic rings. The molecule has 0 bridgehead atoms. The molecule has 1 aromatic heterocycles. The van der Waals surface area contributed by atoms with E-state index in [4.69, 9.17) is 4.74 Å². The van der Waals surface area contributed by atoms with Gasteiger partial charge in [0.15, 0.2) is 0 Å². The minimum absolute atomic E-state index is 0.140. The Morgan fingerprint density at radius 1 is 1.12 bits per heavy atom. The van der Waals surface area contributed by atoms with Crippen molar-refractivity contribution in [1.82, 2.24) is 10.3 Å². The lowest BCUT2D eigenvalue weighted by atomic mass is 9.97. The van der Waals surface area contributed by atoms with Gasteiger partial charge in [0.25, 0.3) is 5.91 Å². The van der Waals surface area contributed by atoms with Gasteiger partial charge in [0.1, 0.15) is 5.75 Å². The number of carbonyl (C=O) groups is 2. The third-order valence-corrected chi connectivity index (χ3v) is 3.37. The number of pyridine rings is 1. The Bertz CT molecular complexity index is 689. The number of benzene rings is 1. The summed E-state index contributed by atoms with van der Waals surface area (Å²) in [6, 6.07) is 10.8. The van der Waals surface area contributed by atoms with E-state index in [0.29, 0.717) is 24.3 Å². The van der Waals surface area contributed by atoms with Crippen LogP contribution in [0.5, 0.6) is 5.75 Å². The molecule has 0 spiro atoms. The molecule has 1 N–H and O–H groups in total. The molecule has 5 nitrogen and oxygen atoms in total. The third kappa shape index (κ3) is 5.19. The molecule has 1 amide bonds. The van der Waals surface area contributed by atoms with E-state index in [9.17, 15) is 9.59 Å². The molecule has 0 aliphatic heterocycles. The van der Waals surface area contributed by atoms with Crippen LogP contribution in [0.1, 0.15) is 36.7 Å². The first-order chi connectivity index (χ1) is 11.4. The van der Waals surface area contributed by atoms with Crippen LogP contribution >= 0.6 is 0 Å². The van der Waals surface area contributed by atoms with E-state index in [2.05, 4.69) is 10.3 Å². The summed E-state index contributed by atoms with van der Waals surface area (Å²) < 4.78 is 5.32. The van der Waals surface area contributed by atoms with Gasteiger partial charge in [0.05, 0.1) is 11.0 Å². The summed E-state index contributed by atoms with van der Waals surface area (Å²) in [6.07, 6.45) is 3.86. The first kappa shape index (κ1) is 17.7. The van der Waals surface area contributed by atoms with Gasteiger partial charge in [-0.25, -0.2) is 0 Å². The highest BCUT2D eigenvalue weighted by Crippen LogP contribution is 2.19. The second kappa shape index (κ2) is 7.73.